The molecule has 0 nitrogen and oxygen atoms in total. The van der Waals surface area contributed by atoms with Gasteiger partial charge >= 0.3 is 0 Å². The fourth-order valence-electron chi connectivity index (χ4n) is 3.91. The second-order valence-corrected chi connectivity index (χ2v) is 6.69. The van der Waals surface area contributed by atoms with Crippen LogP contribution in [0.1, 0.15) is 36.1 Å². The van der Waals surface area contributed by atoms with Crippen molar-refractivity contribution in [3.8, 4) is 0 Å². The minimum atomic E-state index is 0.732. The zero-order valence-electron chi connectivity index (χ0n) is 13.6. The highest BCUT2D eigenvalue weighted by Crippen LogP contribution is 2.37. The number of allylic oxidation sites excluding steroid dienone is 2. The van der Waals surface area contributed by atoms with E-state index in [0.717, 1.165) is 19.1 Å². The minimum Gasteiger partial charge on any atom is -0.114 e. The van der Waals surface area contributed by atoms with Gasteiger partial charge in [-0.25, -0.2) is 0 Å². The SMILES string of the molecule is CB1C(C)=C(C)B(C)C1Cc1c(C)cc(C)cc1C. The van der Waals surface area contributed by atoms with Gasteiger partial charge in [-0.15, -0.1) is 10.9 Å². The molecule has 0 fully saturated rings. The lowest BCUT2D eigenvalue weighted by Crippen LogP contribution is -2.25. The van der Waals surface area contributed by atoms with Crippen LogP contribution in [-0.2, 0) is 6.42 Å². The third-order valence-corrected chi connectivity index (χ3v) is 5.55. The molecule has 0 aromatic heterocycles. The van der Waals surface area contributed by atoms with Gasteiger partial charge in [0, 0.05) is 0 Å². The van der Waals surface area contributed by atoms with Crippen LogP contribution in [-0.4, -0.2) is 13.4 Å². The Morgan fingerprint density at radius 1 is 0.842 bits per heavy atom. The van der Waals surface area contributed by atoms with Gasteiger partial charge in [0.2, 0.25) is 0 Å². The van der Waals surface area contributed by atoms with Gasteiger partial charge in [-0.3, -0.25) is 0 Å². The van der Waals surface area contributed by atoms with Crippen LogP contribution < -0.4 is 0 Å². The Labute approximate surface area is 119 Å². The Hall–Kier alpha value is -0.910. The van der Waals surface area contributed by atoms with Gasteiger partial charge in [-0.05, 0) is 43.9 Å². The van der Waals surface area contributed by atoms with Crippen molar-refractivity contribution in [2.24, 2.45) is 0 Å². The molecular formula is C17H26B2. The van der Waals surface area contributed by atoms with E-state index in [4.69, 9.17) is 0 Å². The molecule has 100 valence electrons. The number of aryl methyl sites for hydroxylation is 3. The molecule has 1 heterocycles. The fraction of sp³-hybridized carbons (Fsp3) is 0.529. The van der Waals surface area contributed by atoms with E-state index in [-0.39, 0.29) is 0 Å². The summed E-state index contributed by atoms with van der Waals surface area (Å²) in [6, 6.07) is 4.67. The first-order chi connectivity index (χ1) is 8.82. The molecular weight excluding hydrogens is 226 g/mol. The molecule has 0 bridgehead atoms. The van der Waals surface area contributed by atoms with Crippen LogP contribution in [0.15, 0.2) is 23.1 Å². The molecule has 19 heavy (non-hydrogen) atoms. The second kappa shape index (κ2) is 5.23. The predicted octanol–water partition coefficient (Wildman–Crippen LogP) is 4.74. The van der Waals surface area contributed by atoms with E-state index >= 15 is 0 Å². The van der Waals surface area contributed by atoms with Gasteiger partial charge in [0.05, 0.1) is 0 Å². The highest BCUT2D eigenvalue weighted by molar-refractivity contribution is 6.91. The van der Waals surface area contributed by atoms with E-state index in [9.17, 15) is 0 Å². The first kappa shape index (κ1) is 14.5. The normalized spacial score (nSPS) is 16.8. The highest BCUT2D eigenvalue weighted by atomic mass is 14.1. The number of hydrogen-bond acceptors (Lipinski definition) is 0. The molecule has 0 radical (unpaired) electrons. The molecule has 1 aliphatic heterocycles. The summed E-state index contributed by atoms with van der Waals surface area (Å²) >= 11 is 0. The van der Waals surface area contributed by atoms with Crippen LogP contribution in [0.5, 0.6) is 0 Å². The van der Waals surface area contributed by atoms with Crippen molar-refractivity contribution in [2.75, 3.05) is 0 Å². The molecule has 0 N–H and O–H groups in total. The van der Waals surface area contributed by atoms with Gasteiger partial charge in [0.1, 0.15) is 0 Å². The van der Waals surface area contributed by atoms with Crippen LogP contribution in [0.3, 0.4) is 0 Å². The molecule has 2 heteroatoms. The smallest absolute Gasteiger partial charge is 0.114 e. The van der Waals surface area contributed by atoms with Crippen LogP contribution in [0.2, 0.25) is 19.4 Å². The lowest BCUT2D eigenvalue weighted by atomic mass is 9.26. The number of rotatable bonds is 2. The summed E-state index contributed by atoms with van der Waals surface area (Å²) in [5.74, 6) is 0. The average molecular weight is 252 g/mol. The van der Waals surface area contributed by atoms with Crippen LogP contribution >= 0.6 is 0 Å². The van der Waals surface area contributed by atoms with Crippen molar-refractivity contribution in [1.82, 2.24) is 0 Å². The molecule has 0 saturated carbocycles. The largest absolute Gasteiger partial charge is 0.162 e. The zero-order valence-corrected chi connectivity index (χ0v) is 13.6. The lowest BCUT2D eigenvalue weighted by Gasteiger charge is -2.21. The third kappa shape index (κ3) is 2.55. The molecule has 1 aromatic carbocycles. The molecule has 0 aliphatic carbocycles. The van der Waals surface area contributed by atoms with Crippen molar-refractivity contribution in [3.63, 3.8) is 0 Å². The minimum absolute atomic E-state index is 0.732. The summed E-state index contributed by atoms with van der Waals surface area (Å²) in [6.07, 6.45) is 1.23. The zero-order chi connectivity index (χ0) is 14.3. The average Bonchev–Trinajstić information content (AvgIpc) is 2.50. The number of hydrogen-bond donors (Lipinski definition) is 0. The van der Waals surface area contributed by atoms with Gasteiger partial charge in [-0.2, -0.15) is 0 Å². The monoisotopic (exact) mass is 252 g/mol. The van der Waals surface area contributed by atoms with Crippen LogP contribution in [0.4, 0.5) is 0 Å². The summed E-state index contributed by atoms with van der Waals surface area (Å²) < 4.78 is 0. The van der Waals surface area contributed by atoms with E-state index in [0.29, 0.717) is 0 Å². The molecule has 1 aromatic rings. The van der Waals surface area contributed by atoms with E-state index < -0.39 is 0 Å². The molecule has 0 amide bonds. The highest BCUT2D eigenvalue weighted by Gasteiger charge is 2.38. The van der Waals surface area contributed by atoms with Gasteiger partial charge in [-0.1, -0.05) is 50.9 Å². The maximum Gasteiger partial charge on any atom is 0.162 e. The molecule has 0 spiro atoms. The molecule has 0 atom stereocenters. The fourth-order valence-corrected chi connectivity index (χ4v) is 3.91. The lowest BCUT2D eigenvalue weighted by molar-refractivity contribution is 0.997. The molecule has 1 aliphatic rings. The summed E-state index contributed by atoms with van der Waals surface area (Å²) in [7, 11) is 0. The summed E-state index contributed by atoms with van der Waals surface area (Å²) in [5, 5.41) is 0. The Morgan fingerprint density at radius 3 is 1.68 bits per heavy atom. The van der Waals surface area contributed by atoms with Crippen molar-refractivity contribution in [3.05, 3.63) is 45.3 Å². The topological polar surface area (TPSA) is 0 Å². The first-order valence-electron chi connectivity index (χ1n) is 7.57. The van der Waals surface area contributed by atoms with E-state index in [1.54, 1.807) is 16.5 Å². The van der Waals surface area contributed by atoms with Gasteiger partial charge in [0.15, 0.2) is 13.4 Å². The third-order valence-electron chi connectivity index (χ3n) is 5.55. The maximum atomic E-state index is 2.41. The van der Waals surface area contributed by atoms with Gasteiger partial charge in [0.25, 0.3) is 0 Å². The molecule has 0 unspecified atom stereocenters. The maximum absolute atomic E-state index is 2.41. The summed E-state index contributed by atoms with van der Waals surface area (Å²) in [5.41, 5.74) is 9.94. The summed E-state index contributed by atoms with van der Waals surface area (Å²) in [6.45, 7) is 17.7. The van der Waals surface area contributed by atoms with Crippen molar-refractivity contribution < 1.29 is 0 Å². The Morgan fingerprint density at radius 2 is 1.26 bits per heavy atom. The quantitative estimate of drug-likeness (QED) is 0.666. The van der Waals surface area contributed by atoms with Crippen molar-refractivity contribution in [2.45, 2.75) is 60.4 Å². The Balaban J connectivity index is 2.29. The van der Waals surface area contributed by atoms with E-state index in [2.05, 4.69) is 60.4 Å². The van der Waals surface area contributed by atoms with E-state index in [1.807, 2.05) is 0 Å². The second-order valence-electron chi connectivity index (χ2n) is 6.69. The van der Waals surface area contributed by atoms with E-state index in [1.165, 1.54) is 23.1 Å². The standard InChI is InChI=1S/C17H26B2/c1-11-8-12(2)16(13(3)9-11)10-17-18(6)14(4)15(5)19(17)7/h8-9,17H,10H2,1-7H3. The Bertz CT molecular complexity index is 487. The predicted molar refractivity (Wildman–Crippen MR) is 89.7 cm³/mol. The van der Waals surface area contributed by atoms with Crippen molar-refractivity contribution in [1.29, 1.82) is 0 Å². The molecule has 2 rings (SSSR count). The molecule has 0 saturated heterocycles. The van der Waals surface area contributed by atoms with Crippen LogP contribution in [0.25, 0.3) is 0 Å². The first-order valence-corrected chi connectivity index (χ1v) is 7.57. The van der Waals surface area contributed by atoms with Crippen LogP contribution in [0, 0.1) is 20.8 Å². The van der Waals surface area contributed by atoms with Gasteiger partial charge < -0.3 is 0 Å². The van der Waals surface area contributed by atoms with Crippen molar-refractivity contribution >= 4 is 13.4 Å². The Kier molecular flexibility index (Phi) is 3.99. The number of benzene rings is 1. The summed E-state index contributed by atoms with van der Waals surface area (Å²) in [4.78, 5) is 0.